The maximum absolute atomic E-state index is 5.97. The topological polar surface area (TPSA) is 61.6 Å². The van der Waals surface area contributed by atoms with Crippen LogP contribution < -0.4 is 0 Å². The van der Waals surface area contributed by atoms with Crippen molar-refractivity contribution in [2.75, 3.05) is 0 Å². The minimum absolute atomic E-state index is 0.829. The first kappa shape index (κ1) is 22.0. The van der Waals surface area contributed by atoms with Crippen molar-refractivity contribution in [3.8, 4) is 0 Å². The molecule has 0 unspecified atom stereocenters. The van der Waals surface area contributed by atoms with Gasteiger partial charge in [0.05, 0.1) is 11.4 Å². The fraction of sp³-hybridized carbons (Fsp3) is 0.571. The first-order valence-corrected chi connectivity index (χ1v) is 13.2. The highest BCUT2D eigenvalue weighted by atomic mass is 28.5. The second kappa shape index (κ2) is 11.5. The minimum atomic E-state index is -2.48. The molecule has 0 saturated heterocycles. The van der Waals surface area contributed by atoms with E-state index in [0.717, 1.165) is 24.3 Å². The van der Waals surface area contributed by atoms with Crippen molar-refractivity contribution in [1.82, 2.24) is 0 Å². The van der Waals surface area contributed by atoms with Crippen LogP contribution in [0.5, 0.6) is 0 Å². The molecule has 0 amide bonds. The van der Waals surface area contributed by atoms with Gasteiger partial charge in [-0.05, 0) is 51.2 Å². The molecule has 2 radical (unpaired) electrons. The highest BCUT2D eigenvalue weighted by Gasteiger charge is 2.35. The third-order valence-corrected chi connectivity index (χ3v) is 9.38. The highest BCUT2D eigenvalue weighted by Crippen LogP contribution is 2.13. The molecule has 0 fully saturated rings. The molecular weight excluding hydrogens is 344 g/mol. The van der Waals surface area contributed by atoms with E-state index in [9.17, 15) is 0 Å². The predicted octanol–water partition coefficient (Wildman–Crippen LogP) is 3.75. The van der Waals surface area contributed by atoms with Crippen LogP contribution >= 0.6 is 0 Å². The molecule has 0 aromatic heterocycles. The number of hydrogen-bond donors (Lipinski definition) is 0. The number of hydrogen-bond acceptors (Lipinski definition) is 6. The lowest BCUT2D eigenvalue weighted by Crippen LogP contribution is -2.45. The molecule has 0 aliphatic heterocycles. The second-order valence-corrected chi connectivity index (χ2v) is 12.1. The number of rotatable bonds is 12. The molecule has 0 atom stereocenters. The first-order chi connectivity index (χ1) is 10.8. The fourth-order valence-corrected chi connectivity index (χ4v) is 7.10. The van der Waals surface area contributed by atoms with E-state index < -0.39 is 27.1 Å². The normalized spacial score (nSPS) is 13.4. The zero-order valence-electron chi connectivity index (χ0n) is 15.0. The Morgan fingerprint density at radius 2 is 1.26 bits per heavy atom. The molecule has 0 heterocycles. The van der Waals surface area contributed by atoms with Gasteiger partial charge in [-0.15, -0.1) is 23.5 Å². The lowest BCUT2D eigenvalue weighted by atomic mass is 10.3. The molecule has 6 nitrogen and oxygen atoms in total. The summed E-state index contributed by atoms with van der Waals surface area (Å²) in [7, 11) is -5.94. The van der Waals surface area contributed by atoms with Crippen molar-refractivity contribution < 1.29 is 17.3 Å². The van der Waals surface area contributed by atoms with Gasteiger partial charge in [0, 0.05) is 0 Å². The molecule has 130 valence electrons. The largest absolute Gasteiger partial charge is 0.505 e. The van der Waals surface area contributed by atoms with Crippen molar-refractivity contribution in [3.05, 3.63) is 24.6 Å². The van der Waals surface area contributed by atoms with E-state index in [4.69, 9.17) is 17.3 Å². The van der Waals surface area contributed by atoms with Crippen molar-refractivity contribution >= 4 is 38.6 Å². The standard InChI is InChI=1S/C14H28N2O4Si3/c1-9-13(5)15-17-21(11-3)19-23(7,8)20-22(12-4)18-16-14(6)10-2/h11-12H,3-4,9-10H2,1-2,5-8H3. The van der Waals surface area contributed by atoms with Crippen LogP contribution in [0.15, 0.2) is 34.9 Å². The third kappa shape index (κ3) is 10.4. The summed E-state index contributed by atoms with van der Waals surface area (Å²) in [4.78, 5) is 0. The van der Waals surface area contributed by atoms with Crippen molar-refractivity contribution in [2.24, 2.45) is 10.3 Å². The van der Waals surface area contributed by atoms with Crippen LogP contribution in [0, 0.1) is 0 Å². The quantitative estimate of drug-likeness (QED) is 0.297. The van der Waals surface area contributed by atoms with Crippen LogP contribution in [0.3, 0.4) is 0 Å². The molecule has 0 rings (SSSR count). The van der Waals surface area contributed by atoms with Gasteiger partial charge < -0.3 is 17.3 Å². The lowest BCUT2D eigenvalue weighted by Gasteiger charge is -2.26. The van der Waals surface area contributed by atoms with Gasteiger partial charge in [-0.1, -0.05) is 13.8 Å². The number of nitrogens with zero attached hydrogens (tertiary/aromatic N) is 2. The van der Waals surface area contributed by atoms with Crippen LogP contribution in [0.25, 0.3) is 0 Å². The average Bonchev–Trinajstić information content (AvgIpc) is 2.54. The van der Waals surface area contributed by atoms with Gasteiger partial charge in [0.25, 0.3) is 0 Å². The van der Waals surface area contributed by atoms with Crippen LogP contribution in [-0.2, 0) is 17.3 Å². The molecule has 0 saturated carbocycles. The zero-order chi connectivity index (χ0) is 17.9. The Morgan fingerprint density at radius 1 is 0.913 bits per heavy atom. The summed E-state index contributed by atoms with van der Waals surface area (Å²) in [5.74, 6) is 0. The van der Waals surface area contributed by atoms with Gasteiger partial charge in [0.1, 0.15) is 0 Å². The van der Waals surface area contributed by atoms with Gasteiger partial charge in [0.2, 0.25) is 0 Å². The lowest BCUT2D eigenvalue weighted by molar-refractivity contribution is 0.243. The molecule has 9 heteroatoms. The van der Waals surface area contributed by atoms with Crippen molar-refractivity contribution in [2.45, 2.75) is 53.6 Å². The number of oxime groups is 2. The van der Waals surface area contributed by atoms with E-state index in [2.05, 4.69) is 23.5 Å². The molecular formula is C14H28N2O4Si3. The maximum atomic E-state index is 5.97. The van der Waals surface area contributed by atoms with E-state index in [1.165, 1.54) is 0 Å². The second-order valence-electron chi connectivity index (χ2n) is 5.19. The van der Waals surface area contributed by atoms with E-state index in [1.807, 2.05) is 40.8 Å². The summed E-state index contributed by atoms with van der Waals surface area (Å²) in [6.45, 7) is 19.2. The van der Waals surface area contributed by atoms with Crippen LogP contribution in [0.1, 0.15) is 40.5 Å². The van der Waals surface area contributed by atoms with Gasteiger partial charge in [0.15, 0.2) is 0 Å². The van der Waals surface area contributed by atoms with Crippen LogP contribution in [-0.4, -0.2) is 38.6 Å². The van der Waals surface area contributed by atoms with Crippen molar-refractivity contribution in [3.63, 3.8) is 0 Å². The molecule has 0 aliphatic rings. The Bertz CT molecular complexity index is 404. The zero-order valence-corrected chi connectivity index (χ0v) is 18.0. The fourth-order valence-electron chi connectivity index (χ4n) is 1.08. The summed E-state index contributed by atoms with van der Waals surface area (Å²) in [5, 5.41) is 8.07. The van der Waals surface area contributed by atoms with Crippen LogP contribution in [0.2, 0.25) is 13.1 Å². The average molecular weight is 373 g/mol. The van der Waals surface area contributed by atoms with Gasteiger partial charge in [-0.25, -0.2) is 0 Å². The van der Waals surface area contributed by atoms with E-state index in [-0.39, 0.29) is 0 Å². The van der Waals surface area contributed by atoms with E-state index in [1.54, 1.807) is 11.4 Å². The molecule has 0 N–H and O–H groups in total. The Morgan fingerprint density at radius 3 is 1.52 bits per heavy atom. The van der Waals surface area contributed by atoms with Gasteiger partial charge in [-0.3, -0.25) is 0 Å². The van der Waals surface area contributed by atoms with Crippen LogP contribution in [0.4, 0.5) is 0 Å². The van der Waals surface area contributed by atoms with Crippen molar-refractivity contribution in [1.29, 1.82) is 0 Å². The molecule has 0 aliphatic carbocycles. The van der Waals surface area contributed by atoms with E-state index >= 15 is 0 Å². The Labute approximate surface area is 144 Å². The SMILES string of the molecule is C=C[Si](ON=C(C)CC)O[Si](C)(C)O[Si](C=C)ON=C(C)CC. The van der Waals surface area contributed by atoms with Gasteiger partial charge >= 0.3 is 27.1 Å². The molecule has 0 aromatic carbocycles. The molecule has 0 spiro atoms. The molecule has 23 heavy (non-hydrogen) atoms. The summed E-state index contributed by atoms with van der Waals surface area (Å²) in [6, 6.07) is 0. The smallest absolute Gasteiger partial charge is 0.414 e. The highest BCUT2D eigenvalue weighted by molar-refractivity contribution is 6.78. The maximum Gasteiger partial charge on any atom is 0.505 e. The summed E-state index contributed by atoms with van der Waals surface area (Å²) >= 11 is 0. The first-order valence-electron chi connectivity index (χ1n) is 7.55. The third-order valence-electron chi connectivity index (χ3n) is 2.63. The van der Waals surface area contributed by atoms with E-state index in [0.29, 0.717) is 0 Å². The molecule has 0 bridgehead atoms. The van der Waals surface area contributed by atoms with Gasteiger partial charge in [-0.2, -0.15) is 0 Å². The summed E-state index contributed by atoms with van der Waals surface area (Å²) in [5.41, 5.74) is 5.11. The predicted molar refractivity (Wildman–Crippen MR) is 101 cm³/mol. The summed E-state index contributed by atoms with van der Waals surface area (Å²) < 4.78 is 22.8. The summed E-state index contributed by atoms with van der Waals surface area (Å²) in [6.07, 6.45) is 1.66. The molecule has 0 aromatic rings. The Balaban J connectivity index is 4.68. The Kier molecular flexibility index (Phi) is 11.0. The minimum Gasteiger partial charge on any atom is -0.414 e. The monoisotopic (exact) mass is 372 g/mol. The Hall–Kier alpha value is -1.01.